The minimum Gasteiger partial charge on any atom is -0.344 e. The van der Waals surface area contributed by atoms with Crippen LogP contribution in [0.1, 0.15) is 31.9 Å². The molecule has 1 aromatic rings. The number of nitrogens with zero attached hydrogens (tertiary/aromatic N) is 3. The maximum atomic E-state index is 13.2. The number of hydrogen-bond donors (Lipinski definition) is 1. The van der Waals surface area contributed by atoms with E-state index in [1.165, 1.54) is 0 Å². The van der Waals surface area contributed by atoms with E-state index in [2.05, 4.69) is 42.8 Å². The number of hydrogen-bond acceptors (Lipinski definition) is 4. The summed E-state index contributed by atoms with van der Waals surface area (Å²) in [5.74, 6) is 0.609. The normalized spacial score (nSPS) is 17.6. The predicted molar refractivity (Wildman–Crippen MR) is 118 cm³/mol. The summed E-state index contributed by atoms with van der Waals surface area (Å²) in [5.41, 5.74) is 7.24. The van der Waals surface area contributed by atoms with Gasteiger partial charge < -0.3 is 15.5 Å². The molecular weight excluding hydrogens is 383 g/mol. The highest BCUT2D eigenvalue weighted by Crippen LogP contribution is 2.24. The first-order valence-corrected chi connectivity index (χ1v) is 9.38. The summed E-state index contributed by atoms with van der Waals surface area (Å²) in [6.45, 7) is 8.79. The number of benzene rings is 1. The molecular formula is C20H36Cl2N4O. The van der Waals surface area contributed by atoms with Crippen LogP contribution < -0.4 is 5.73 Å². The highest BCUT2D eigenvalue weighted by atomic mass is 35.5. The van der Waals surface area contributed by atoms with Crippen LogP contribution in [0.15, 0.2) is 30.3 Å². The Hall–Kier alpha value is -0.850. The van der Waals surface area contributed by atoms with Crippen LogP contribution in [0.3, 0.4) is 0 Å². The second kappa shape index (κ2) is 12.6. The number of carbonyl (C=O) groups is 1. The molecule has 1 fully saturated rings. The summed E-state index contributed by atoms with van der Waals surface area (Å²) in [5, 5.41) is 0. The van der Waals surface area contributed by atoms with E-state index in [9.17, 15) is 4.79 Å². The van der Waals surface area contributed by atoms with Crippen molar-refractivity contribution in [3.8, 4) is 0 Å². The molecule has 1 aliphatic rings. The van der Waals surface area contributed by atoms with Crippen molar-refractivity contribution in [2.75, 3.05) is 46.8 Å². The third-order valence-corrected chi connectivity index (χ3v) is 5.28. The Morgan fingerprint density at radius 1 is 1.11 bits per heavy atom. The molecule has 156 valence electrons. The molecule has 1 heterocycles. The van der Waals surface area contributed by atoms with Gasteiger partial charge in [-0.1, -0.05) is 44.2 Å². The zero-order valence-corrected chi connectivity index (χ0v) is 18.6. The topological polar surface area (TPSA) is 52.8 Å². The first-order chi connectivity index (χ1) is 11.9. The molecule has 5 nitrogen and oxygen atoms in total. The Labute approximate surface area is 177 Å². The first-order valence-electron chi connectivity index (χ1n) is 9.38. The van der Waals surface area contributed by atoms with Crippen molar-refractivity contribution in [1.29, 1.82) is 0 Å². The van der Waals surface area contributed by atoms with Crippen LogP contribution in [-0.2, 0) is 4.79 Å². The van der Waals surface area contributed by atoms with E-state index in [1.807, 2.05) is 30.1 Å². The van der Waals surface area contributed by atoms with Crippen LogP contribution in [0.25, 0.3) is 0 Å². The summed E-state index contributed by atoms with van der Waals surface area (Å²) in [6, 6.07) is 10.1. The molecule has 1 saturated heterocycles. The molecule has 0 radical (unpaired) electrons. The van der Waals surface area contributed by atoms with Crippen molar-refractivity contribution in [2.24, 2.45) is 11.7 Å². The van der Waals surface area contributed by atoms with Crippen molar-refractivity contribution in [3.63, 3.8) is 0 Å². The fourth-order valence-corrected chi connectivity index (χ4v) is 3.22. The molecule has 2 N–H and O–H groups in total. The Kier molecular flexibility index (Phi) is 12.2. The van der Waals surface area contributed by atoms with Crippen molar-refractivity contribution in [3.05, 3.63) is 35.9 Å². The summed E-state index contributed by atoms with van der Waals surface area (Å²) < 4.78 is 0. The molecule has 27 heavy (non-hydrogen) atoms. The van der Waals surface area contributed by atoms with Crippen molar-refractivity contribution in [1.82, 2.24) is 14.7 Å². The van der Waals surface area contributed by atoms with Crippen molar-refractivity contribution < 1.29 is 4.79 Å². The van der Waals surface area contributed by atoms with Gasteiger partial charge in [0, 0.05) is 45.8 Å². The second-order valence-corrected chi connectivity index (χ2v) is 7.61. The summed E-state index contributed by atoms with van der Waals surface area (Å²) in [6.07, 6.45) is 0.837. The van der Waals surface area contributed by atoms with Gasteiger partial charge in [0.15, 0.2) is 0 Å². The lowest BCUT2D eigenvalue weighted by Gasteiger charge is -2.39. The third kappa shape index (κ3) is 7.59. The lowest BCUT2D eigenvalue weighted by molar-refractivity contribution is -0.136. The lowest BCUT2D eigenvalue weighted by Crippen LogP contribution is -2.50. The molecule has 2 unspecified atom stereocenters. The fourth-order valence-electron chi connectivity index (χ4n) is 3.22. The van der Waals surface area contributed by atoms with Gasteiger partial charge in [-0.2, -0.15) is 0 Å². The number of amides is 1. The number of rotatable bonds is 7. The first kappa shape index (κ1) is 26.1. The lowest BCUT2D eigenvalue weighted by atomic mass is 10.0. The number of likely N-dealkylation sites (N-methyl/N-ethyl adjacent to an activating group) is 2. The molecule has 1 aromatic carbocycles. The SMILES string of the molecule is CC(C)C(N)CCN(C)C(=O)C(c1ccccc1)N1CCN(C)CC1.Cl.Cl. The quantitative estimate of drug-likeness (QED) is 0.739. The highest BCUT2D eigenvalue weighted by molar-refractivity contribution is 5.85. The Bertz CT molecular complexity index is 536. The van der Waals surface area contributed by atoms with Gasteiger partial charge in [0.2, 0.25) is 5.91 Å². The Morgan fingerprint density at radius 2 is 1.67 bits per heavy atom. The smallest absolute Gasteiger partial charge is 0.244 e. The maximum absolute atomic E-state index is 13.2. The number of halogens is 2. The van der Waals surface area contributed by atoms with Gasteiger partial charge in [-0.05, 0) is 24.9 Å². The van der Waals surface area contributed by atoms with Crippen LogP contribution in [0, 0.1) is 5.92 Å². The molecule has 0 aliphatic carbocycles. The van der Waals surface area contributed by atoms with Crippen molar-refractivity contribution >= 4 is 30.7 Å². The molecule has 2 rings (SSSR count). The molecule has 0 spiro atoms. The van der Waals surface area contributed by atoms with E-state index < -0.39 is 0 Å². The summed E-state index contributed by atoms with van der Waals surface area (Å²) in [7, 11) is 4.04. The van der Waals surface area contributed by atoms with Gasteiger partial charge >= 0.3 is 0 Å². The van der Waals surface area contributed by atoms with Gasteiger partial charge in [0.1, 0.15) is 6.04 Å². The van der Waals surface area contributed by atoms with E-state index in [-0.39, 0.29) is 42.8 Å². The van der Waals surface area contributed by atoms with E-state index in [1.54, 1.807) is 0 Å². The Morgan fingerprint density at radius 3 is 2.19 bits per heavy atom. The summed E-state index contributed by atoms with van der Waals surface area (Å²) in [4.78, 5) is 19.7. The fraction of sp³-hybridized carbons (Fsp3) is 0.650. The van der Waals surface area contributed by atoms with E-state index in [4.69, 9.17) is 5.73 Å². The molecule has 0 bridgehead atoms. The molecule has 2 atom stereocenters. The molecule has 0 aromatic heterocycles. The van der Waals surface area contributed by atoms with Crippen molar-refractivity contribution in [2.45, 2.75) is 32.4 Å². The zero-order chi connectivity index (χ0) is 18.4. The minimum absolute atomic E-state index is 0. The molecule has 1 aliphatic heterocycles. The average Bonchev–Trinajstić information content (AvgIpc) is 2.61. The highest BCUT2D eigenvalue weighted by Gasteiger charge is 2.31. The van der Waals surface area contributed by atoms with Gasteiger partial charge in [-0.25, -0.2) is 0 Å². The number of nitrogens with two attached hydrogens (primary N) is 1. The standard InChI is InChI=1S/C20H34N4O.2ClH/c1-16(2)18(21)10-11-23(4)20(25)19(17-8-6-5-7-9-17)24-14-12-22(3)13-15-24;;/h5-9,16,18-19H,10-15,21H2,1-4H3;2*1H. The van der Waals surface area contributed by atoms with Gasteiger partial charge in [-0.3, -0.25) is 9.69 Å². The second-order valence-electron chi connectivity index (χ2n) is 7.61. The van der Waals surface area contributed by atoms with Crippen LogP contribution in [0.5, 0.6) is 0 Å². The predicted octanol–water partition coefficient (Wildman–Crippen LogP) is 2.65. The third-order valence-electron chi connectivity index (χ3n) is 5.28. The summed E-state index contributed by atoms with van der Waals surface area (Å²) >= 11 is 0. The molecule has 1 amide bonds. The van der Waals surface area contributed by atoms with Crippen LogP contribution in [0.4, 0.5) is 0 Å². The Balaban J connectivity index is 0.00000338. The van der Waals surface area contributed by atoms with E-state index >= 15 is 0 Å². The van der Waals surface area contributed by atoms with Crippen LogP contribution >= 0.6 is 24.8 Å². The number of piperazine rings is 1. The minimum atomic E-state index is -0.199. The van der Waals surface area contributed by atoms with Gasteiger partial charge in [0.25, 0.3) is 0 Å². The van der Waals surface area contributed by atoms with Crippen LogP contribution in [-0.4, -0.2) is 73.5 Å². The number of carbonyl (C=O) groups excluding carboxylic acids is 1. The maximum Gasteiger partial charge on any atom is 0.244 e. The monoisotopic (exact) mass is 418 g/mol. The van der Waals surface area contributed by atoms with Crippen LogP contribution in [0.2, 0.25) is 0 Å². The van der Waals surface area contributed by atoms with Gasteiger partial charge in [0.05, 0.1) is 0 Å². The molecule has 0 saturated carbocycles. The average molecular weight is 419 g/mol. The zero-order valence-electron chi connectivity index (χ0n) is 17.0. The van der Waals surface area contributed by atoms with Gasteiger partial charge in [-0.15, -0.1) is 24.8 Å². The molecule has 7 heteroatoms. The van der Waals surface area contributed by atoms with E-state index in [0.717, 1.165) is 38.2 Å². The van der Waals surface area contributed by atoms with E-state index in [0.29, 0.717) is 12.5 Å². The largest absolute Gasteiger partial charge is 0.344 e.